The molecule has 1 N–H and O–H groups in total. The van der Waals surface area contributed by atoms with E-state index in [9.17, 15) is 19.7 Å². The van der Waals surface area contributed by atoms with Crippen molar-refractivity contribution in [2.24, 2.45) is 0 Å². The predicted octanol–water partition coefficient (Wildman–Crippen LogP) is 3.08. The zero-order valence-electron chi connectivity index (χ0n) is 15.3. The number of nitrogens with zero attached hydrogens (tertiary/aromatic N) is 1. The Morgan fingerprint density at radius 3 is 2.52 bits per heavy atom. The second kappa shape index (κ2) is 8.79. The average molecular weight is 372 g/mol. The molecule has 0 bridgehead atoms. The van der Waals surface area contributed by atoms with Crippen LogP contribution < -0.4 is 10.1 Å². The van der Waals surface area contributed by atoms with Gasteiger partial charge in [-0.25, -0.2) is 4.79 Å². The monoisotopic (exact) mass is 372 g/mol. The summed E-state index contributed by atoms with van der Waals surface area (Å²) in [5.74, 6) is -0.829. The van der Waals surface area contributed by atoms with Gasteiger partial charge >= 0.3 is 5.97 Å². The molecule has 0 saturated carbocycles. The first-order valence-corrected chi connectivity index (χ1v) is 8.17. The molecule has 0 aliphatic heterocycles. The lowest BCUT2D eigenvalue weighted by molar-refractivity contribution is -0.384. The van der Waals surface area contributed by atoms with Gasteiger partial charge in [-0.05, 0) is 43.5 Å². The number of anilines is 1. The van der Waals surface area contributed by atoms with Gasteiger partial charge in [-0.2, -0.15) is 0 Å². The standard InChI is InChI=1S/C19H20N2O6/c1-12-7-8-13(2)16(9-12)26-11-18(23)27-10-17(22)20-19-14(3)5-4-6-15(19)21(24)25/h4-9H,10-11H2,1-3H3,(H,20,22). The van der Waals surface area contributed by atoms with Crippen LogP contribution in [0.5, 0.6) is 5.75 Å². The number of esters is 1. The summed E-state index contributed by atoms with van der Waals surface area (Å²) < 4.78 is 10.3. The lowest BCUT2D eigenvalue weighted by Crippen LogP contribution is -2.24. The quantitative estimate of drug-likeness (QED) is 0.455. The van der Waals surface area contributed by atoms with Crippen LogP contribution in [0.15, 0.2) is 36.4 Å². The third-order valence-corrected chi connectivity index (χ3v) is 3.77. The highest BCUT2D eigenvalue weighted by Crippen LogP contribution is 2.27. The number of rotatable bonds is 7. The van der Waals surface area contributed by atoms with E-state index in [1.165, 1.54) is 12.1 Å². The summed E-state index contributed by atoms with van der Waals surface area (Å²) in [7, 11) is 0. The highest BCUT2D eigenvalue weighted by molar-refractivity contribution is 5.95. The van der Waals surface area contributed by atoms with Crippen LogP contribution in [-0.4, -0.2) is 30.0 Å². The van der Waals surface area contributed by atoms with Crippen molar-refractivity contribution in [1.82, 2.24) is 0 Å². The highest BCUT2D eigenvalue weighted by atomic mass is 16.6. The zero-order valence-corrected chi connectivity index (χ0v) is 15.3. The average Bonchev–Trinajstić information content (AvgIpc) is 2.62. The second-order valence-corrected chi connectivity index (χ2v) is 5.99. The largest absolute Gasteiger partial charge is 0.482 e. The minimum absolute atomic E-state index is 0.0789. The normalized spacial score (nSPS) is 10.2. The summed E-state index contributed by atoms with van der Waals surface area (Å²) in [4.78, 5) is 34.2. The van der Waals surface area contributed by atoms with Gasteiger partial charge in [-0.3, -0.25) is 14.9 Å². The molecule has 142 valence electrons. The van der Waals surface area contributed by atoms with Crippen molar-refractivity contribution in [1.29, 1.82) is 0 Å². The SMILES string of the molecule is Cc1ccc(C)c(OCC(=O)OCC(=O)Nc2c(C)cccc2[N+](=O)[O-])c1. The number of hydrogen-bond acceptors (Lipinski definition) is 6. The summed E-state index contributed by atoms with van der Waals surface area (Å²) >= 11 is 0. The van der Waals surface area contributed by atoms with Crippen LogP contribution in [0.25, 0.3) is 0 Å². The van der Waals surface area contributed by atoms with Gasteiger partial charge < -0.3 is 14.8 Å². The number of nitrogens with one attached hydrogen (secondary N) is 1. The smallest absolute Gasteiger partial charge is 0.344 e. The van der Waals surface area contributed by atoms with Gasteiger partial charge in [0.1, 0.15) is 11.4 Å². The summed E-state index contributed by atoms with van der Waals surface area (Å²) in [5, 5.41) is 13.5. The molecule has 0 aliphatic carbocycles. The lowest BCUT2D eigenvalue weighted by atomic mass is 10.1. The van der Waals surface area contributed by atoms with E-state index >= 15 is 0 Å². The minimum Gasteiger partial charge on any atom is -0.482 e. The summed E-state index contributed by atoms with van der Waals surface area (Å²) in [6, 6.07) is 10.0. The van der Waals surface area contributed by atoms with Crippen molar-refractivity contribution in [2.45, 2.75) is 20.8 Å². The molecule has 2 aromatic rings. The highest BCUT2D eigenvalue weighted by Gasteiger charge is 2.18. The number of hydrogen-bond donors (Lipinski definition) is 1. The van der Waals surface area contributed by atoms with E-state index in [0.29, 0.717) is 11.3 Å². The number of nitro groups is 1. The van der Waals surface area contributed by atoms with Crippen LogP contribution in [0.4, 0.5) is 11.4 Å². The lowest BCUT2D eigenvalue weighted by Gasteiger charge is -2.11. The van der Waals surface area contributed by atoms with Crippen molar-refractivity contribution in [2.75, 3.05) is 18.5 Å². The molecule has 8 nitrogen and oxygen atoms in total. The van der Waals surface area contributed by atoms with Crippen molar-refractivity contribution >= 4 is 23.3 Å². The van der Waals surface area contributed by atoms with Gasteiger partial charge in [0.2, 0.25) is 0 Å². The molecule has 0 aliphatic rings. The maximum atomic E-state index is 12.0. The van der Waals surface area contributed by atoms with E-state index in [1.807, 2.05) is 26.0 Å². The van der Waals surface area contributed by atoms with E-state index in [2.05, 4.69) is 5.32 Å². The molecule has 0 saturated heterocycles. The first-order valence-electron chi connectivity index (χ1n) is 8.17. The molecule has 8 heteroatoms. The van der Waals surface area contributed by atoms with Gasteiger partial charge in [-0.1, -0.05) is 24.3 Å². The first kappa shape index (κ1) is 19.9. The maximum absolute atomic E-state index is 12.0. The summed E-state index contributed by atoms with van der Waals surface area (Å²) in [6.45, 7) is 4.47. The Labute approximate surface area is 156 Å². The zero-order chi connectivity index (χ0) is 20.0. The van der Waals surface area contributed by atoms with Crippen molar-refractivity contribution < 1.29 is 24.0 Å². The number of carbonyl (C=O) groups excluding carboxylic acids is 2. The number of amides is 1. The van der Waals surface area contributed by atoms with Crippen LogP contribution >= 0.6 is 0 Å². The molecule has 2 aromatic carbocycles. The molecule has 0 fully saturated rings. The molecule has 0 aromatic heterocycles. The molecule has 27 heavy (non-hydrogen) atoms. The Morgan fingerprint density at radius 2 is 1.81 bits per heavy atom. The first-order chi connectivity index (χ1) is 12.8. The Balaban J connectivity index is 1.88. The molecule has 0 spiro atoms. The number of carbonyl (C=O) groups is 2. The van der Waals surface area contributed by atoms with E-state index in [-0.39, 0.29) is 18.0 Å². The Kier molecular flexibility index (Phi) is 6.48. The van der Waals surface area contributed by atoms with Crippen LogP contribution in [-0.2, 0) is 14.3 Å². The minimum atomic E-state index is -0.717. The fourth-order valence-electron chi connectivity index (χ4n) is 2.33. The number of aryl methyl sites for hydroxylation is 3. The third-order valence-electron chi connectivity index (χ3n) is 3.77. The second-order valence-electron chi connectivity index (χ2n) is 5.99. The van der Waals surface area contributed by atoms with Crippen molar-refractivity contribution in [3.63, 3.8) is 0 Å². The molecule has 2 rings (SSSR count). The Morgan fingerprint density at radius 1 is 1.07 bits per heavy atom. The van der Waals surface area contributed by atoms with Gasteiger partial charge in [0.15, 0.2) is 13.2 Å². The molecule has 0 atom stereocenters. The number of ether oxygens (including phenoxy) is 2. The summed E-state index contributed by atoms with van der Waals surface area (Å²) in [5.41, 5.74) is 2.24. The molecule has 1 amide bonds. The van der Waals surface area contributed by atoms with Gasteiger partial charge in [0.05, 0.1) is 4.92 Å². The molecule has 0 radical (unpaired) electrons. The van der Waals surface area contributed by atoms with E-state index in [1.54, 1.807) is 19.1 Å². The van der Waals surface area contributed by atoms with Gasteiger partial charge in [-0.15, -0.1) is 0 Å². The Hall–Kier alpha value is -3.42. The third kappa shape index (κ3) is 5.53. The van der Waals surface area contributed by atoms with Crippen LogP contribution in [0.3, 0.4) is 0 Å². The fraction of sp³-hybridized carbons (Fsp3) is 0.263. The van der Waals surface area contributed by atoms with E-state index < -0.39 is 23.4 Å². The number of benzene rings is 2. The van der Waals surface area contributed by atoms with Crippen LogP contribution in [0, 0.1) is 30.9 Å². The fourth-order valence-corrected chi connectivity index (χ4v) is 2.33. The van der Waals surface area contributed by atoms with Crippen LogP contribution in [0.1, 0.15) is 16.7 Å². The molecular formula is C19H20N2O6. The molecule has 0 heterocycles. The Bertz CT molecular complexity index is 878. The van der Waals surface area contributed by atoms with Crippen molar-refractivity contribution in [3.05, 3.63) is 63.2 Å². The summed E-state index contributed by atoms with van der Waals surface area (Å²) in [6.07, 6.45) is 0. The van der Waals surface area contributed by atoms with Gasteiger partial charge in [0, 0.05) is 6.07 Å². The predicted molar refractivity (Wildman–Crippen MR) is 98.8 cm³/mol. The molecule has 0 unspecified atom stereocenters. The van der Waals surface area contributed by atoms with Gasteiger partial charge in [0.25, 0.3) is 11.6 Å². The number of para-hydroxylation sites is 1. The van der Waals surface area contributed by atoms with E-state index in [0.717, 1.165) is 11.1 Å². The maximum Gasteiger partial charge on any atom is 0.344 e. The topological polar surface area (TPSA) is 108 Å². The number of nitro benzene ring substituents is 1. The van der Waals surface area contributed by atoms with E-state index in [4.69, 9.17) is 9.47 Å². The van der Waals surface area contributed by atoms with Crippen LogP contribution in [0.2, 0.25) is 0 Å². The van der Waals surface area contributed by atoms with Crippen molar-refractivity contribution in [3.8, 4) is 5.75 Å². The molecular weight excluding hydrogens is 352 g/mol.